The largest absolute Gasteiger partial charge is 0.462 e. The molecule has 0 amide bonds. The molecule has 5 nitrogen and oxygen atoms in total. The van der Waals surface area contributed by atoms with Gasteiger partial charge in [0.15, 0.2) is 0 Å². The molecule has 0 bridgehead atoms. The summed E-state index contributed by atoms with van der Waals surface area (Å²) in [5.74, 6) is -0.312. The summed E-state index contributed by atoms with van der Waals surface area (Å²) in [4.78, 5) is 20.2. The minimum absolute atomic E-state index is 0.312. The molecule has 0 fully saturated rings. The minimum Gasteiger partial charge on any atom is -0.462 e. The highest BCUT2D eigenvalue weighted by atomic mass is 16.5. The number of carbonyl (C=O) groups is 1. The van der Waals surface area contributed by atoms with E-state index in [1.54, 1.807) is 6.92 Å². The monoisotopic (exact) mass is 297 g/mol. The van der Waals surface area contributed by atoms with Crippen LogP contribution >= 0.6 is 0 Å². The van der Waals surface area contributed by atoms with Crippen molar-refractivity contribution in [3.8, 4) is 11.3 Å². The van der Waals surface area contributed by atoms with Gasteiger partial charge in [0.2, 0.25) is 0 Å². The van der Waals surface area contributed by atoms with Gasteiger partial charge in [0, 0.05) is 29.3 Å². The molecule has 0 spiro atoms. The summed E-state index contributed by atoms with van der Waals surface area (Å²) in [7, 11) is 0. The van der Waals surface area contributed by atoms with E-state index < -0.39 is 0 Å². The van der Waals surface area contributed by atoms with Crippen LogP contribution in [0, 0.1) is 20.8 Å². The maximum absolute atomic E-state index is 12.3. The Morgan fingerprint density at radius 2 is 2.09 bits per heavy atom. The van der Waals surface area contributed by atoms with Crippen LogP contribution in [0.25, 0.3) is 16.9 Å². The first-order valence-electron chi connectivity index (χ1n) is 7.34. The fourth-order valence-corrected chi connectivity index (χ4v) is 2.83. The maximum Gasteiger partial charge on any atom is 0.340 e. The number of aryl methyl sites for hydroxylation is 3. The number of imidazole rings is 1. The van der Waals surface area contributed by atoms with Crippen LogP contribution in [0.4, 0.5) is 0 Å². The number of ether oxygens (including phenoxy) is 1. The summed E-state index contributed by atoms with van der Waals surface area (Å²) in [6.45, 7) is 8.01. The average molecular weight is 297 g/mol. The number of nitrogens with zero attached hydrogens (tertiary/aromatic N) is 2. The summed E-state index contributed by atoms with van der Waals surface area (Å²) in [5.41, 5.74) is 5.88. The molecule has 0 saturated heterocycles. The lowest BCUT2D eigenvalue weighted by molar-refractivity contribution is 0.0526. The van der Waals surface area contributed by atoms with Crippen molar-refractivity contribution in [2.24, 2.45) is 0 Å². The first-order chi connectivity index (χ1) is 10.5. The summed E-state index contributed by atoms with van der Waals surface area (Å²) in [6.07, 6.45) is 3.90. The molecule has 0 aliphatic rings. The Morgan fingerprint density at radius 1 is 1.32 bits per heavy atom. The van der Waals surface area contributed by atoms with Crippen LogP contribution in [0.3, 0.4) is 0 Å². The van der Waals surface area contributed by atoms with Crippen molar-refractivity contribution in [1.82, 2.24) is 14.4 Å². The molecule has 5 heteroatoms. The third-order valence-electron chi connectivity index (χ3n) is 3.79. The Bertz CT molecular complexity index is 858. The quantitative estimate of drug-likeness (QED) is 0.753. The second-order valence-electron chi connectivity index (χ2n) is 5.39. The van der Waals surface area contributed by atoms with E-state index >= 15 is 0 Å². The van der Waals surface area contributed by atoms with Gasteiger partial charge in [-0.3, -0.25) is 0 Å². The van der Waals surface area contributed by atoms with E-state index in [4.69, 9.17) is 9.72 Å². The predicted octanol–water partition coefficient (Wildman–Crippen LogP) is 3.43. The lowest BCUT2D eigenvalue weighted by Crippen LogP contribution is -2.06. The number of hydrogen-bond donors (Lipinski definition) is 1. The zero-order chi connectivity index (χ0) is 15.9. The van der Waals surface area contributed by atoms with Crippen LogP contribution in [0.5, 0.6) is 0 Å². The number of hydrogen-bond acceptors (Lipinski definition) is 3. The highest BCUT2D eigenvalue weighted by Crippen LogP contribution is 2.30. The number of aromatic nitrogens is 3. The van der Waals surface area contributed by atoms with Gasteiger partial charge in [-0.25, -0.2) is 9.78 Å². The van der Waals surface area contributed by atoms with E-state index in [1.807, 2.05) is 49.7 Å². The Balaban J connectivity index is 2.22. The van der Waals surface area contributed by atoms with Crippen molar-refractivity contribution in [2.75, 3.05) is 6.61 Å². The van der Waals surface area contributed by atoms with Gasteiger partial charge in [-0.2, -0.15) is 0 Å². The molecule has 114 valence electrons. The Labute approximate surface area is 129 Å². The SMILES string of the molecule is CCOC(=O)c1c(C)[nH]c(C)c1-c1cn2cccc(C)c2n1. The van der Waals surface area contributed by atoms with Crippen molar-refractivity contribution < 1.29 is 9.53 Å². The number of nitrogens with one attached hydrogen (secondary N) is 1. The van der Waals surface area contributed by atoms with Crippen LogP contribution in [-0.2, 0) is 4.74 Å². The van der Waals surface area contributed by atoms with Gasteiger partial charge in [-0.1, -0.05) is 6.07 Å². The number of pyridine rings is 1. The minimum atomic E-state index is -0.312. The van der Waals surface area contributed by atoms with Crippen molar-refractivity contribution in [3.63, 3.8) is 0 Å². The number of esters is 1. The fraction of sp³-hybridized carbons (Fsp3) is 0.294. The van der Waals surface area contributed by atoms with E-state index in [0.717, 1.165) is 33.9 Å². The van der Waals surface area contributed by atoms with Crippen LogP contribution in [0.2, 0.25) is 0 Å². The van der Waals surface area contributed by atoms with Crippen LogP contribution in [0.15, 0.2) is 24.5 Å². The zero-order valence-corrected chi connectivity index (χ0v) is 13.2. The molecule has 0 saturated carbocycles. The van der Waals surface area contributed by atoms with Gasteiger partial charge < -0.3 is 14.1 Å². The molecular weight excluding hydrogens is 278 g/mol. The molecule has 3 aromatic heterocycles. The average Bonchev–Trinajstić information content (AvgIpc) is 3.00. The summed E-state index contributed by atoms with van der Waals surface area (Å²) >= 11 is 0. The van der Waals surface area contributed by atoms with E-state index in [-0.39, 0.29) is 5.97 Å². The number of rotatable bonds is 3. The molecule has 0 unspecified atom stereocenters. The van der Waals surface area contributed by atoms with Crippen molar-refractivity contribution in [1.29, 1.82) is 0 Å². The van der Waals surface area contributed by atoms with E-state index in [0.29, 0.717) is 12.2 Å². The molecule has 1 N–H and O–H groups in total. The summed E-state index contributed by atoms with van der Waals surface area (Å²) in [5, 5.41) is 0. The molecule has 22 heavy (non-hydrogen) atoms. The van der Waals surface area contributed by atoms with Gasteiger partial charge in [-0.15, -0.1) is 0 Å². The normalized spacial score (nSPS) is 11.1. The van der Waals surface area contributed by atoms with Gasteiger partial charge >= 0.3 is 5.97 Å². The van der Waals surface area contributed by atoms with Crippen molar-refractivity contribution in [2.45, 2.75) is 27.7 Å². The first kappa shape index (κ1) is 14.4. The highest BCUT2D eigenvalue weighted by Gasteiger charge is 2.23. The standard InChI is InChI=1S/C17H19N3O2/c1-5-22-17(21)15-12(4)18-11(3)14(15)13-9-20-8-6-7-10(2)16(20)19-13/h6-9,18H,5H2,1-4H3. The topological polar surface area (TPSA) is 59.4 Å². The Hall–Kier alpha value is -2.56. The van der Waals surface area contributed by atoms with Crippen molar-refractivity contribution >= 4 is 11.6 Å². The molecule has 0 aliphatic carbocycles. The Morgan fingerprint density at radius 3 is 2.77 bits per heavy atom. The zero-order valence-electron chi connectivity index (χ0n) is 13.2. The molecule has 0 aromatic carbocycles. The smallest absolute Gasteiger partial charge is 0.340 e. The third kappa shape index (κ3) is 2.19. The molecule has 3 aromatic rings. The summed E-state index contributed by atoms with van der Waals surface area (Å²) in [6, 6.07) is 4.00. The Kier molecular flexibility index (Phi) is 3.48. The van der Waals surface area contributed by atoms with E-state index in [1.165, 1.54) is 0 Å². The van der Waals surface area contributed by atoms with E-state index in [2.05, 4.69) is 4.98 Å². The van der Waals surface area contributed by atoms with Gasteiger partial charge in [0.05, 0.1) is 17.9 Å². The second-order valence-corrected chi connectivity index (χ2v) is 5.39. The first-order valence-corrected chi connectivity index (χ1v) is 7.34. The molecule has 0 radical (unpaired) electrons. The molecule has 3 rings (SSSR count). The highest BCUT2D eigenvalue weighted by molar-refractivity contribution is 5.99. The van der Waals surface area contributed by atoms with Crippen molar-refractivity contribution in [3.05, 3.63) is 47.0 Å². The van der Waals surface area contributed by atoms with Gasteiger partial charge in [0.1, 0.15) is 5.65 Å². The number of fused-ring (bicyclic) bond motifs is 1. The van der Waals surface area contributed by atoms with E-state index in [9.17, 15) is 4.79 Å². The second kappa shape index (κ2) is 5.33. The fourth-order valence-electron chi connectivity index (χ4n) is 2.83. The van der Waals surface area contributed by atoms with Gasteiger partial charge in [-0.05, 0) is 39.3 Å². The third-order valence-corrected chi connectivity index (χ3v) is 3.79. The molecular formula is C17H19N3O2. The van der Waals surface area contributed by atoms with Crippen LogP contribution < -0.4 is 0 Å². The molecule has 0 aliphatic heterocycles. The lowest BCUT2D eigenvalue weighted by Gasteiger charge is -2.04. The summed E-state index contributed by atoms with van der Waals surface area (Å²) < 4.78 is 7.16. The maximum atomic E-state index is 12.3. The lowest BCUT2D eigenvalue weighted by atomic mass is 10.1. The number of aromatic amines is 1. The van der Waals surface area contributed by atoms with Gasteiger partial charge in [0.25, 0.3) is 0 Å². The van der Waals surface area contributed by atoms with Crippen LogP contribution in [-0.4, -0.2) is 26.9 Å². The van der Waals surface area contributed by atoms with Crippen LogP contribution in [0.1, 0.15) is 34.2 Å². The number of H-pyrrole nitrogens is 1. The predicted molar refractivity (Wildman–Crippen MR) is 85.1 cm³/mol. The number of carbonyl (C=O) groups excluding carboxylic acids is 1. The molecule has 3 heterocycles. The molecule has 0 atom stereocenters.